The van der Waals surface area contributed by atoms with E-state index in [4.69, 9.17) is 0 Å². The van der Waals surface area contributed by atoms with E-state index in [1.807, 2.05) is 13.0 Å². The normalized spacial score (nSPS) is 22.1. The van der Waals surface area contributed by atoms with Gasteiger partial charge in [-0.05, 0) is 67.1 Å². The zero-order valence-electron chi connectivity index (χ0n) is 20.7. The van der Waals surface area contributed by atoms with Crippen molar-refractivity contribution in [3.8, 4) is 0 Å². The highest BCUT2D eigenvalue weighted by molar-refractivity contribution is 7.92. The van der Waals surface area contributed by atoms with Crippen molar-refractivity contribution in [2.24, 2.45) is 5.92 Å². The third-order valence-corrected chi connectivity index (χ3v) is 10.3. The van der Waals surface area contributed by atoms with Crippen LogP contribution in [0.1, 0.15) is 61.4 Å². The first-order chi connectivity index (χ1) is 17.0. The Bertz CT molecular complexity index is 1400. The molecule has 36 heavy (non-hydrogen) atoms. The highest BCUT2D eigenvalue weighted by Crippen LogP contribution is 2.50. The second kappa shape index (κ2) is 9.15. The highest BCUT2D eigenvalue weighted by atomic mass is 32.2. The molecule has 2 aromatic rings. The van der Waals surface area contributed by atoms with Gasteiger partial charge in [0.2, 0.25) is 20.0 Å². The van der Waals surface area contributed by atoms with Crippen molar-refractivity contribution >= 4 is 37.3 Å². The molecular formula is C26H33N3O5S2. The van der Waals surface area contributed by atoms with Gasteiger partial charge in [-0.15, -0.1) is 0 Å². The van der Waals surface area contributed by atoms with Crippen LogP contribution in [0, 0.1) is 5.92 Å². The van der Waals surface area contributed by atoms with Gasteiger partial charge in [0.25, 0.3) is 5.91 Å². The summed E-state index contributed by atoms with van der Waals surface area (Å²) in [6, 6.07) is 11.7. The molecule has 5 rings (SSSR count). The second-order valence-corrected chi connectivity index (χ2v) is 14.3. The lowest BCUT2D eigenvalue weighted by Gasteiger charge is -2.34. The first-order valence-electron chi connectivity index (χ1n) is 12.5. The molecule has 1 aliphatic carbocycles. The predicted molar refractivity (Wildman–Crippen MR) is 140 cm³/mol. The Morgan fingerprint density at radius 1 is 1.03 bits per heavy atom. The van der Waals surface area contributed by atoms with E-state index in [0.717, 1.165) is 56.0 Å². The zero-order valence-corrected chi connectivity index (χ0v) is 22.4. The minimum atomic E-state index is -3.66. The molecule has 10 heteroatoms. The van der Waals surface area contributed by atoms with E-state index in [-0.39, 0.29) is 16.2 Å². The van der Waals surface area contributed by atoms with Crippen molar-refractivity contribution in [1.29, 1.82) is 0 Å². The molecule has 1 amide bonds. The number of rotatable bonds is 5. The number of nitrogens with zero attached hydrogens (tertiary/aromatic N) is 2. The van der Waals surface area contributed by atoms with Crippen molar-refractivity contribution in [1.82, 2.24) is 4.31 Å². The van der Waals surface area contributed by atoms with E-state index in [1.54, 1.807) is 35.2 Å². The molecule has 8 nitrogen and oxygen atoms in total. The molecule has 0 bridgehead atoms. The average molecular weight is 532 g/mol. The fraction of sp³-hybridized carbons (Fsp3) is 0.500. The number of fused-ring (bicyclic) bond motifs is 2. The lowest BCUT2D eigenvalue weighted by atomic mass is 9.70. The first-order valence-corrected chi connectivity index (χ1v) is 15.9. The largest absolute Gasteiger partial charge is 0.307 e. The Morgan fingerprint density at radius 2 is 1.78 bits per heavy atom. The molecular weight excluding hydrogens is 498 g/mol. The van der Waals surface area contributed by atoms with Crippen LogP contribution in [-0.4, -0.2) is 52.9 Å². The van der Waals surface area contributed by atoms with E-state index in [1.165, 1.54) is 10.4 Å². The van der Waals surface area contributed by atoms with E-state index in [9.17, 15) is 21.6 Å². The summed E-state index contributed by atoms with van der Waals surface area (Å²) < 4.78 is 54.1. The van der Waals surface area contributed by atoms with Gasteiger partial charge in [-0.25, -0.2) is 16.8 Å². The Balaban J connectivity index is 1.50. The van der Waals surface area contributed by atoms with Crippen molar-refractivity contribution < 1.29 is 21.6 Å². The van der Waals surface area contributed by atoms with Gasteiger partial charge >= 0.3 is 0 Å². The quantitative estimate of drug-likeness (QED) is 0.629. The molecule has 1 saturated heterocycles. The van der Waals surface area contributed by atoms with Crippen LogP contribution in [0.25, 0.3) is 0 Å². The summed E-state index contributed by atoms with van der Waals surface area (Å²) in [6.45, 7) is 3.53. The molecule has 2 fully saturated rings. The topological polar surface area (TPSA) is 104 Å². The fourth-order valence-corrected chi connectivity index (χ4v) is 8.17. The summed E-state index contributed by atoms with van der Waals surface area (Å²) in [4.78, 5) is 15.7. The number of carbonyl (C=O) groups excluding carboxylic acids is 1. The zero-order chi connectivity index (χ0) is 25.7. The molecule has 0 aromatic heterocycles. The summed E-state index contributed by atoms with van der Waals surface area (Å²) in [5, 5.41) is 0. The van der Waals surface area contributed by atoms with Crippen LogP contribution in [0.5, 0.6) is 0 Å². The molecule has 1 spiro atoms. The molecule has 0 radical (unpaired) electrons. The molecule has 3 aliphatic rings. The molecule has 2 heterocycles. The molecule has 2 aliphatic heterocycles. The van der Waals surface area contributed by atoms with E-state index >= 15 is 0 Å². The van der Waals surface area contributed by atoms with Gasteiger partial charge in [-0.2, -0.15) is 4.31 Å². The van der Waals surface area contributed by atoms with Gasteiger partial charge in [-0.1, -0.05) is 32.3 Å². The summed E-state index contributed by atoms with van der Waals surface area (Å²) >= 11 is 0. The van der Waals surface area contributed by atoms with Gasteiger partial charge in [0.15, 0.2) is 0 Å². The first kappa shape index (κ1) is 25.2. The molecule has 1 unspecified atom stereocenters. The highest BCUT2D eigenvalue weighted by Gasteiger charge is 2.45. The van der Waals surface area contributed by atoms with Crippen molar-refractivity contribution in [3.63, 3.8) is 0 Å². The fourth-order valence-electron chi connectivity index (χ4n) is 5.99. The monoisotopic (exact) mass is 531 g/mol. The molecule has 1 atom stereocenters. The van der Waals surface area contributed by atoms with Crippen LogP contribution in [0.15, 0.2) is 47.4 Å². The van der Waals surface area contributed by atoms with Crippen LogP contribution in [0.3, 0.4) is 0 Å². The summed E-state index contributed by atoms with van der Waals surface area (Å²) in [6.07, 6.45) is 7.04. The number of nitrogens with one attached hydrogen (secondary N) is 1. The van der Waals surface area contributed by atoms with Gasteiger partial charge in [0, 0.05) is 42.0 Å². The number of anilines is 2. The summed E-state index contributed by atoms with van der Waals surface area (Å²) in [5.41, 5.74) is 2.35. The number of sulfonamides is 2. The predicted octanol–water partition coefficient (Wildman–Crippen LogP) is 3.95. The number of carbonyl (C=O) groups is 1. The van der Waals surface area contributed by atoms with Crippen LogP contribution >= 0.6 is 0 Å². The maximum Gasteiger partial charge on any atom is 0.258 e. The van der Waals surface area contributed by atoms with Gasteiger partial charge in [-0.3, -0.25) is 9.52 Å². The Kier molecular flexibility index (Phi) is 6.41. The molecule has 1 N–H and O–H groups in total. The third-order valence-electron chi connectivity index (χ3n) is 7.78. The lowest BCUT2D eigenvalue weighted by molar-refractivity contribution is 0.0982. The van der Waals surface area contributed by atoms with Crippen molar-refractivity contribution in [3.05, 3.63) is 53.6 Å². The smallest absolute Gasteiger partial charge is 0.258 e. The lowest BCUT2D eigenvalue weighted by Crippen LogP contribution is -2.38. The van der Waals surface area contributed by atoms with Crippen molar-refractivity contribution in [2.45, 2.75) is 55.8 Å². The number of hydrogen-bond donors (Lipinski definition) is 1. The Labute approximate surface area is 213 Å². The third kappa shape index (κ3) is 4.66. The van der Waals surface area contributed by atoms with Crippen molar-refractivity contribution in [2.75, 3.05) is 35.5 Å². The van der Waals surface area contributed by atoms with Crippen LogP contribution in [-0.2, 0) is 25.5 Å². The number of benzene rings is 2. The number of amides is 1. The minimum absolute atomic E-state index is 0.141. The minimum Gasteiger partial charge on any atom is -0.307 e. The maximum absolute atomic E-state index is 13.8. The molecule has 1 saturated carbocycles. The average Bonchev–Trinajstić information content (AvgIpc) is 3.41. The standard InChI is InChI=1S/C26H33N3O5S2/c1-19-11-14-28(17-19)36(33,34)22-8-6-7-20(15-22)25(30)29-18-26(12-4-3-5-13-26)23-16-21(9-10-24(23)29)27-35(2,31)32/h6-10,15-16,19,27H,3-5,11-14,17-18H2,1-2H3. The Morgan fingerprint density at radius 3 is 2.44 bits per heavy atom. The second-order valence-electron chi connectivity index (χ2n) is 10.6. The SMILES string of the molecule is CC1CCN(S(=O)(=O)c2cccc(C(=O)N3CC4(CCCCC4)c4cc(NS(C)(=O)=O)ccc43)c2)C1. The van der Waals surface area contributed by atoms with E-state index < -0.39 is 20.0 Å². The summed E-state index contributed by atoms with van der Waals surface area (Å²) in [5.74, 6) is 0.0776. The number of hydrogen-bond acceptors (Lipinski definition) is 5. The van der Waals surface area contributed by atoms with E-state index in [0.29, 0.717) is 36.8 Å². The van der Waals surface area contributed by atoms with Crippen LogP contribution in [0.4, 0.5) is 11.4 Å². The summed E-state index contributed by atoms with van der Waals surface area (Å²) in [7, 11) is -7.09. The van der Waals surface area contributed by atoms with E-state index in [2.05, 4.69) is 4.72 Å². The van der Waals surface area contributed by atoms with Gasteiger partial charge < -0.3 is 4.90 Å². The van der Waals surface area contributed by atoms with Gasteiger partial charge in [0.05, 0.1) is 11.2 Å². The Hall–Kier alpha value is -2.43. The molecule has 194 valence electrons. The van der Waals surface area contributed by atoms with Crippen LogP contribution in [0.2, 0.25) is 0 Å². The van der Waals surface area contributed by atoms with Gasteiger partial charge in [0.1, 0.15) is 0 Å². The molecule has 2 aromatic carbocycles. The van der Waals surface area contributed by atoms with Crippen LogP contribution < -0.4 is 9.62 Å². The maximum atomic E-state index is 13.8.